The summed E-state index contributed by atoms with van der Waals surface area (Å²) in [4.78, 5) is 7.79. The maximum absolute atomic E-state index is 5.94. The van der Waals surface area contributed by atoms with Gasteiger partial charge in [0.25, 0.3) is 0 Å². The predicted molar refractivity (Wildman–Crippen MR) is 84.1 cm³/mol. The summed E-state index contributed by atoms with van der Waals surface area (Å²) in [7, 11) is 3.19. The quantitative estimate of drug-likeness (QED) is 0.727. The third kappa shape index (κ3) is 2.36. The van der Waals surface area contributed by atoms with E-state index in [4.69, 9.17) is 26.8 Å². The van der Waals surface area contributed by atoms with E-state index in [9.17, 15) is 0 Å². The minimum atomic E-state index is 0.518. The van der Waals surface area contributed by atoms with E-state index in [1.54, 1.807) is 26.4 Å². The number of nitrogen functional groups attached to an aromatic ring is 1. The molecule has 1 heterocycles. The number of hydrogen-bond donors (Lipinski definition) is 2. The van der Waals surface area contributed by atoms with Gasteiger partial charge in [0.05, 0.1) is 36.0 Å². The van der Waals surface area contributed by atoms with Crippen LogP contribution >= 0.6 is 11.6 Å². The molecule has 1 aromatic heterocycles. The van der Waals surface area contributed by atoms with E-state index in [0.717, 1.165) is 16.6 Å². The van der Waals surface area contributed by atoms with Gasteiger partial charge in [0.2, 0.25) is 0 Å². The van der Waals surface area contributed by atoms with Crippen molar-refractivity contribution >= 4 is 28.3 Å². The number of nitrogens with two attached hydrogens (primary N) is 1. The third-order valence-corrected chi connectivity index (χ3v) is 3.60. The molecular formula is C15H14ClN3O2. The van der Waals surface area contributed by atoms with Gasteiger partial charge in [-0.1, -0.05) is 11.6 Å². The fourth-order valence-corrected chi connectivity index (χ4v) is 2.28. The summed E-state index contributed by atoms with van der Waals surface area (Å²) in [5.41, 5.74) is 8.86. The largest absolute Gasteiger partial charge is 0.493 e. The lowest BCUT2D eigenvalue weighted by molar-refractivity contribution is 0.356. The van der Waals surface area contributed by atoms with Crippen molar-refractivity contribution in [2.45, 2.75) is 0 Å². The van der Waals surface area contributed by atoms with E-state index >= 15 is 0 Å². The van der Waals surface area contributed by atoms with Gasteiger partial charge in [0, 0.05) is 17.7 Å². The van der Waals surface area contributed by atoms with Crippen molar-refractivity contribution in [1.82, 2.24) is 9.97 Å². The number of aromatic amines is 1. The first-order chi connectivity index (χ1) is 10.1. The summed E-state index contributed by atoms with van der Waals surface area (Å²) in [5, 5.41) is 0.526. The molecule has 3 N–H and O–H groups in total. The van der Waals surface area contributed by atoms with Gasteiger partial charge in [-0.15, -0.1) is 0 Å². The molecule has 0 aliphatic rings. The van der Waals surface area contributed by atoms with Crippen LogP contribution in [0.2, 0.25) is 5.02 Å². The van der Waals surface area contributed by atoms with Gasteiger partial charge in [-0.25, -0.2) is 4.98 Å². The summed E-state index contributed by atoms with van der Waals surface area (Å²) >= 11 is 5.94. The molecule has 3 rings (SSSR count). The lowest BCUT2D eigenvalue weighted by atomic mass is 10.2. The number of halogens is 1. The number of aromatic nitrogens is 2. The summed E-state index contributed by atoms with van der Waals surface area (Å²) in [6.07, 6.45) is 0. The van der Waals surface area contributed by atoms with Crippen LogP contribution in [0.1, 0.15) is 0 Å². The van der Waals surface area contributed by atoms with Gasteiger partial charge in [0.15, 0.2) is 11.5 Å². The lowest BCUT2D eigenvalue weighted by Gasteiger charge is -2.06. The van der Waals surface area contributed by atoms with Crippen LogP contribution in [-0.2, 0) is 0 Å². The second-order valence-electron chi connectivity index (χ2n) is 4.55. The molecule has 0 fully saturated rings. The highest BCUT2D eigenvalue weighted by atomic mass is 35.5. The highest BCUT2D eigenvalue weighted by Gasteiger charge is 2.11. The number of imidazole rings is 1. The standard InChI is InChI=1S/C15H14ClN3O2/c1-20-13-6-11-12(7-14(13)21-2)19-15(18-11)8-3-4-9(16)10(17)5-8/h3-7H,17H2,1-2H3,(H,18,19). The van der Waals surface area contributed by atoms with E-state index in [0.29, 0.717) is 28.0 Å². The van der Waals surface area contributed by atoms with Gasteiger partial charge in [-0.05, 0) is 18.2 Å². The highest BCUT2D eigenvalue weighted by molar-refractivity contribution is 6.33. The van der Waals surface area contributed by atoms with E-state index in [2.05, 4.69) is 9.97 Å². The van der Waals surface area contributed by atoms with Gasteiger partial charge in [0.1, 0.15) is 5.82 Å². The minimum Gasteiger partial charge on any atom is -0.493 e. The van der Waals surface area contributed by atoms with Crippen LogP contribution in [0.15, 0.2) is 30.3 Å². The Morgan fingerprint density at radius 3 is 2.48 bits per heavy atom. The average Bonchev–Trinajstić information content (AvgIpc) is 2.91. The number of ether oxygens (including phenoxy) is 2. The van der Waals surface area contributed by atoms with E-state index in [1.165, 1.54) is 0 Å². The number of rotatable bonds is 3. The molecule has 2 aromatic carbocycles. The molecule has 6 heteroatoms. The normalized spacial score (nSPS) is 10.8. The Kier molecular flexibility index (Phi) is 3.35. The van der Waals surface area contributed by atoms with Crippen LogP contribution in [0.4, 0.5) is 5.69 Å². The summed E-state index contributed by atoms with van der Waals surface area (Å²) in [6.45, 7) is 0. The van der Waals surface area contributed by atoms with Crippen LogP contribution in [0, 0.1) is 0 Å². The number of H-pyrrole nitrogens is 1. The summed E-state index contributed by atoms with van der Waals surface area (Å²) < 4.78 is 10.6. The first-order valence-corrected chi connectivity index (χ1v) is 6.67. The Balaban J connectivity index is 2.14. The zero-order valence-electron chi connectivity index (χ0n) is 11.6. The first kappa shape index (κ1) is 13.6. The monoisotopic (exact) mass is 303 g/mol. The molecule has 0 saturated carbocycles. The molecular weight excluding hydrogens is 290 g/mol. The fraction of sp³-hybridized carbons (Fsp3) is 0.133. The Hall–Kier alpha value is -2.40. The number of nitrogens with zero attached hydrogens (tertiary/aromatic N) is 1. The zero-order valence-corrected chi connectivity index (χ0v) is 12.4. The zero-order chi connectivity index (χ0) is 15.0. The average molecular weight is 304 g/mol. The second kappa shape index (κ2) is 5.18. The number of benzene rings is 2. The van der Waals surface area contributed by atoms with Crippen LogP contribution in [0.5, 0.6) is 11.5 Å². The maximum atomic E-state index is 5.94. The minimum absolute atomic E-state index is 0.518. The molecule has 0 spiro atoms. The van der Waals surface area contributed by atoms with Crippen LogP contribution in [0.3, 0.4) is 0 Å². The number of hydrogen-bond acceptors (Lipinski definition) is 4. The molecule has 0 aliphatic heterocycles. The highest BCUT2D eigenvalue weighted by Crippen LogP contribution is 2.33. The Morgan fingerprint density at radius 1 is 1.10 bits per heavy atom. The van der Waals surface area contributed by atoms with Crippen LogP contribution in [-0.4, -0.2) is 24.2 Å². The van der Waals surface area contributed by atoms with Gasteiger partial charge >= 0.3 is 0 Å². The Bertz CT molecular complexity index is 773. The molecule has 0 saturated heterocycles. The molecule has 0 atom stereocenters. The molecule has 21 heavy (non-hydrogen) atoms. The van der Waals surface area contributed by atoms with Gasteiger partial charge in [-0.2, -0.15) is 0 Å². The first-order valence-electron chi connectivity index (χ1n) is 6.29. The molecule has 0 aliphatic carbocycles. The fourth-order valence-electron chi connectivity index (χ4n) is 2.16. The molecule has 0 amide bonds. The van der Waals surface area contributed by atoms with E-state index < -0.39 is 0 Å². The summed E-state index contributed by atoms with van der Waals surface area (Å²) in [6, 6.07) is 9.08. The Labute approximate surface area is 126 Å². The molecule has 108 valence electrons. The third-order valence-electron chi connectivity index (χ3n) is 3.26. The SMILES string of the molecule is COc1cc2nc(-c3ccc(Cl)c(N)c3)[nH]c2cc1OC. The number of nitrogens with one attached hydrogen (secondary N) is 1. The maximum Gasteiger partial charge on any atom is 0.163 e. The topological polar surface area (TPSA) is 73.2 Å². The van der Waals surface area contributed by atoms with Crippen molar-refractivity contribution in [3.05, 3.63) is 35.4 Å². The number of anilines is 1. The molecule has 0 radical (unpaired) electrons. The van der Waals surface area contributed by atoms with Crippen LogP contribution < -0.4 is 15.2 Å². The summed E-state index contributed by atoms with van der Waals surface area (Å²) in [5.74, 6) is 2.00. The van der Waals surface area contributed by atoms with Gasteiger partial charge in [-0.3, -0.25) is 0 Å². The van der Waals surface area contributed by atoms with Crippen molar-refractivity contribution in [1.29, 1.82) is 0 Å². The van der Waals surface area contributed by atoms with E-state index in [-0.39, 0.29) is 0 Å². The van der Waals surface area contributed by atoms with E-state index in [1.807, 2.05) is 18.2 Å². The molecule has 3 aromatic rings. The van der Waals surface area contributed by atoms with Crippen molar-refractivity contribution in [3.8, 4) is 22.9 Å². The number of fused-ring (bicyclic) bond motifs is 1. The van der Waals surface area contributed by atoms with Gasteiger partial charge < -0.3 is 20.2 Å². The Morgan fingerprint density at radius 2 is 1.81 bits per heavy atom. The molecule has 5 nitrogen and oxygen atoms in total. The number of methoxy groups -OCH3 is 2. The molecule has 0 bridgehead atoms. The molecule has 0 unspecified atom stereocenters. The lowest BCUT2D eigenvalue weighted by Crippen LogP contribution is -1.89. The van der Waals surface area contributed by atoms with Crippen LogP contribution in [0.25, 0.3) is 22.4 Å². The van der Waals surface area contributed by atoms with Crippen molar-refractivity contribution in [3.63, 3.8) is 0 Å². The smallest absolute Gasteiger partial charge is 0.163 e. The van der Waals surface area contributed by atoms with Crippen molar-refractivity contribution in [2.75, 3.05) is 20.0 Å². The predicted octanol–water partition coefficient (Wildman–Crippen LogP) is 3.48. The van der Waals surface area contributed by atoms with Crippen molar-refractivity contribution in [2.24, 2.45) is 0 Å². The second-order valence-corrected chi connectivity index (χ2v) is 4.95. The van der Waals surface area contributed by atoms with Crippen molar-refractivity contribution < 1.29 is 9.47 Å².